The van der Waals surface area contributed by atoms with Gasteiger partial charge in [0.1, 0.15) is 4.21 Å². The van der Waals surface area contributed by atoms with Gasteiger partial charge < -0.3 is 5.32 Å². The first kappa shape index (κ1) is 15.3. The van der Waals surface area contributed by atoms with Gasteiger partial charge in [-0.1, -0.05) is 6.92 Å². The fourth-order valence-electron chi connectivity index (χ4n) is 1.94. The Balaban J connectivity index is 1.99. The minimum Gasteiger partial charge on any atom is -0.312 e. The summed E-state index contributed by atoms with van der Waals surface area (Å²) in [6.45, 7) is 3.66. The average Bonchev–Trinajstić information content (AvgIpc) is 2.86. The van der Waals surface area contributed by atoms with Crippen molar-refractivity contribution in [2.24, 2.45) is 0 Å². The summed E-state index contributed by atoms with van der Waals surface area (Å²) in [7, 11) is -3.33. The van der Waals surface area contributed by atoms with E-state index in [4.69, 9.17) is 0 Å². The fraction of sp³-hybridized carbons (Fsp3) is 0.667. The van der Waals surface area contributed by atoms with Crippen LogP contribution in [0.2, 0.25) is 0 Å². The molecule has 1 saturated heterocycles. The van der Waals surface area contributed by atoms with E-state index in [2.05, 4.69) is 10.0 Å². The van der Waals surface area contributed by atoms with Crippen LogP contribution in [0.4, 0.5) is 0 Å². The highest BCUT2D eigenvalue weighted by molar-refractivity contribution is 7.99. The summed E-state index contributed by atoms with van der Waals surface area (Å²) in [5.74, 6) is 2.09. The Morgan fingerprint density at radius 3 is 2.74 bits per heavy atom. The zero-order valence-electron chi connectivity index (χ0n) is 11.0. The van der Waals surface area contributed by atoms with Crippen LogP contribution in [0.15, 0.2) is 16.3 Å². The third-order valence-corrected chi connectivity index (χ3v) is 7.14. The van der Waals surface area contributed by atoms with E-state index in [1.807, 2.05) is 24.8 Å². The number of rotatable bonds is 6. The smallest absolute Gasteiger partial charge is 0.250 e. The van der Waals surface area contributed by atoms with Crippen LogP contribution in [-0.2, 0) is 16.6 Å². The van der Waals surface area contributed by atoms with Gasteiger partial charge in [0.25, 0.3) is 0 Å². The second-order valence-corrected chi connectivity index (χ2v) is 8.84. The molecule has 1 aromatic rings. The lowest BCUT2D eigenvalue weighted by Gasteiger charge is -2.21. The zero-order chi connectivity index (χ0) is 13.7. The minimum atomic E-state index is -3.33. The lowest BCUT2D eigenvalue weighted by atomic mass is 10.2. The molecule has 7 heteroatoms. The largest absolute Gasteiger partial charge is 0.312 e. The number of hydrogen-bond acceptors (Lipinski definition) is 5. The molecule has 2 heterocycles. The maximum Gasteiger partial charge on any atom is 0.250 e. The number of thioether (sulfide) groups is 1. The van der Waals surface area contributed by atoms with Crippen molar-refractivity contribution in [2.45, 2.75) is 36.6 Å². The van der Waals surface area contributed by atoms with Gasteiger partial charge in [-0.3, -0.25) is 0 Å². The molecule has 1 aromatic heterocycles. The second-order valence-electron chi connectivity index (χ2n) is 4.51. The van der Waals surface area contributed by atoms with Gasteiger partial charge in [0.05, 0.1) is 0 Å². The van der Waals surface area contributed by atoms with Crippen molar-refractivity contribution in [3.05, 3.63) is 17.0 Å². The SMILES string of the molecule is CCNCc1ccc(S(=O)(=O)NC2CCSCC2)s1. The lowest BCUT2D eigenvalue weighted by molar-refractivity contribution is 0.530. The first-order valence-corrected chi connectivity index (χ1v) is 9.97. The monoisotopic (exact) mass is 320 g/mol. The van der Waals surface area contributed by atoms with Gasteiger partial charge >= 0.3 is 0 Å². The standard InChI is InChI=1S/C12H20N2O2S3/c1-2-13-9-11-3-4-12(18-11)19(15,16)14-10-5-7-17-8-6-10/h3-4,10,13-14H,2,5-9H2,1H3. The van der Waals surface area contributed by atoms with Crippen LogP contribution in [0.25, 0.3) is 0 Å². The number of nitrogens with one attached hydrogen (secondary N) is 2. The van der Waals surface area contributed by atoms with E-state index in [0.717, 1.165) is 42.3 Å². The summed E-state index contributed by atoms with van der Waals surface area (Å²) < 4.78 is 27.8. The third kappa shape index (κ3) is 4.46. The van der Waals surface area contributed by atoms with Crippen LogP contribution in [0.5, 0.6) is 0 Å². The molecular weight excluding hydrogens is 300 g/mol. The molecule has 0 unspecified atom stereocenters. The molecule has 0 aromatic carbocycles. The van der Waals surface area contributed by atoms with Crippen LogP contribution in [0, 0.1) is 0 Å². The van der Waals surface area contributed by atoms with Crippen molar-refractivity contribution in [1.29, 1.82) is 0 Å². The minimum absolute atomic E-state index is 0.102. The molecule has 0 radical (unpaired) electrons. The molecule has 19 heavy (non-hydrogen) atoms. The van der Waals surface area contributed by atoms with Gasteiger partial charge in [-0.15, -0.1) is 11.3 Å². The van der Waals surface area contributed by atoms with E-state index in [9.17, 15) is 8.42 Å². The molecule has 0 atom stereocenters. The Kier molecular flexibility index (Phi) is 5.70. The summed E-state index contributed by atoms with van der Waals surface area (Å²) in [6.07, 6.45) is 1.86. The number of thiophene rings is 1. The van der Waals surface area contributed by atoms with Crippen LogP contribution in [-0.4, -0.2) is 32.5 Å². The Hall–Kier alpha value is -0.0800. The van der Waals surface area contributed by atoms with Gasteiger partial charge in [0.15, 0.2) is 0 Å². The highest BCUT2D eigenvalue weighted by atomic mass is 32.2. The molecule has 2 rings (SSSR count). The summed E-state index contributed by atoms with van der Waals surface area (Å²) >= 11 is 3.24. The highest BCUT2D eigenvalue weighted by Gasteiger charge is 2.23. The van der Waals surface area contributed by atoms with Crippen LogP contribution >= 0.6 is 23.1 Å². The molecular formula is C12H20N2O2S3. The van der Waals surface area contributed by atoms with E-state index in [-0.39, 0.29) is 6.04 Å². The van der Waals surface area contributed by atoms with Crippen LogP contribution < -0.4 is 10.0 Å². The highest BCUT2D eigenvalue weighted by Crippen LogP contribution is 2.24. The van der Waals surface area contributed by atoms with Crippen LogP contribution in [0.3, 0.4) is 0 Å². The maximum absolute atomic E-state index is 12.3. The quantitative estimate of drug-likeness (QED) is 0.842. The van der Waals surface area contributed by atoms with Crippen molar-refractivity contribution in [2.75, 3.05) is 18.1 Å². The molecule has 4 nitrogen and oxygen atoms in total. The molecule has 108 valence electrons. The van der Waals surface area contributed by atoms with E-state index in [1.54, 1.807) is 6.07 Å². The fourth-order valence-corrected chi connectivity index (χ4v) is 5.69. The molecule has 0 amide bonds. The van der Waals surface area contributed by atoms with E-state index < -0.39 is 10.0 Å². The Morgan fingerprint density at radius 1 is 1.32 bits per heavy atom. The molecule has 0 aliphatic carbocycles. The molecule has 1 aliphatic rings. The molecule has 0 saturated carbocycles. The maximum atomic E-state index is 12.3. The molecule has 2 N–H and O–H groups in total. The molecule has 0 bridgehead atoms. The predicted octanol–water partition coefficient (Wildman–Crippen LogP) is 2.03. The van der Waals surface area contributed by atoms with Crippen molar-refractivity contribution in [3.8, 4) is 0 Å². The second kappa shape index (κ2) is 7.08. The van der Waals surface area contributed by atoms with Gasteiger partial charge in [-0.05, 0) is 43.0 Å². The Labute approximate surface area is 123 Å². The van der Waals surface area contributed by atoms with E-state index >= 15 is 0 Å². The average molecular weight is 321 g/mol. The molecule has 1 fully saturated rings. The number of hydrogen-bond donors (Lipinski definition) is 2. The first-order chi connectivity index (χ1) is 9.12. The zero-order valence-corrected chi connectivity index (χ0v) is 13.5. The Bertz CT molecular complexity index is 493. The summed E-state index contributed by atoms with van der Waals surface area (Å²) in [6, 6.07) is 3.70. The van der Waals surface area contributed by atoms with Gasteiger partial charge in [0.2, 0.25) is 10.0 Å². The Morgan fingerprint density at radius 2 is 2.05 bits per heavy atom. The van der Waals surface area contributed by atoms with E-state index in [0.29, 0.717) is 4.21 Å². The topological polar surface area (TPSA) is 58.2 Å². The normalized spacial score (nSPS) is 17.7. The van der Waals surface area contributed by atoms with Crippen molar-refractivity contribution < 1.29 is 8.42 Å². The summed E-state index contributed by atoms with van der Waals surface area (Å²) in [5, 5.41) is 3.20. The predicted molar refractivity (Wildman–Crippen MR) is 82.4 cm³/mol. The van der Waals surface area contributed by atoms with Gasteiger partial charge in [0, 0.05) is 17.5 Å². The van der Waals surface area contributed by atoms with Crippen LogP contribution in [0.1, 0.15) is 24.6 Å². The summed E-state index contributed by atoms with van der Waals surface area (Å²) in [5.41, 5.74) is 0. The first-order valence-electron chi connectivity index (χ1n) is 6.51. The van der Waals surface area contributed by atoms with Crippen molar-refractivity contribution in [3.63, 3.8) is 0 Å². The van der Waals surface area contributed by atoms with Crippen molar-refractivity contribution >= 4 is 33.1 Å². The number of sulfonamides is 1. The molecule has 1 aliphatic heterocycles. The van der Waals surface area contributed by atoms with Crippen molar-refractivity contribution in [1.82, 2.24) is 10.0 Å². The van der Waals surface area contributed by atoms with Gasteiger partial charge in [-0.2, -0.15) is 11.8 Å². The molecule has 0 spiro atoms. The third-order valence-electron chi connectivity index (χ3n) is 2.99. The van der Waals surface area contributed by atoms with Gasteiger partial charge in [-0.25, -0.2) is 13.1 Å². The van der Waals surface area contributed by atoms with E-state index in [1.165, 1.54) is 11.3 Å². The lowest BCUT2D eigenvalue weighted by Crippen LogP contribution is -2.36. The summed E-state index contributed by atoms with van der Waals surface area (Å²) in [4.78, 5) is 1.06.